The number of amides is 1. The maximum atomic E-state index is 12.0. The predicted molar refractivity (Wildman–Crippen MR) is 82.9 cm³/mol. The van der Waals surface area contributed by atoms with Crippen LogP contribution in [0.5, 0.6) is 11.5 Å². The average Bonchev–Trinajstić information content (AvgIpc) is 2.91. The van der Waals surface area contributed by atoms with Crippen LogP contribution in [0.15, 0.2) is 24.3 Å². The highest BCUT2D eigenvalue weighted by Crippen LogP contribution is 2.38. The van der Waals surface area contributed by atoms with Crippen molar-refractivity contribution in [3.8, 4) is 11.5 Å². The summed E-state index contributed by atoms with van der Waals surface area (Å²) in [7, 11) is 0. The minimum atomic E-state index is -0.169. The third-order valence-electron chi connectivity index (χ3n) is 2.91. The average molecular weight is 344 g/mol. The lowest BCUT2D eigenvalue weighted by atomic mass is 10.2. The molecule has 7 heteroatoms. The molecule has 0 unspecified atom stereocenters. The van der Waals surface area contributed by atoms with Crippen molar-refractivity contribution < 1.29 is 14.3 Å². The number of ether oxygens (including phenoxy) is 2. The smallest absolute Gasteiger partial charge is 0.261 e. The first-order valence-electron chi connectivity index (χ1n) is 6.25. The van der Waals surface area contributed by atoms with Crippen molar-refractivity contribution >= 4 is 40.4 Å². The molecule has 1 aromatic heterocycles. The quantitative estimate of drug-likeness (QED) is 0.922. The molecule has 110 valence electrons. The fraction of sp³-hybridized carbons (Fsp3) is 0.214. The Bertz CT molecular complexity index is 687. The third-order valence-corrected chi connectivity index (χ3v) is 4.42. The van der Waals surface area contributed by atoms with E-state index in [9.17, 15) is 4.79 Å². The second-order valence-electron chi connectivity index (χ2n) is 4.39. The number of carbonyl (C=O) groups excluding carboxylic acids is 1. The Morgan fingerprint density at radius 1 is 1.24 bits per heavy atom. The number of rotatable bonds is 3. The summed E-state index contributed by atoms with van der Waals surface area (Å²) in [4.78, 5) is 12.5. The molecule has 2 aromatic rings. The number of carbonyl (C=O) groups is 1. The van der Waals surface area contributed by atoms with Gasteiger partial charge in [-0.25, -0.2) is 0 Å². The number of thiophene rings is 1. The van der Waals surface area contributed by atoms with Crippen LogP contribution in [0.25, 0.3) is 0 Å². The number of hydrogen-bond donors (Lipinski definition) is 1. The van der Waals surface area contributed by atoms with Crippen molar-refractivity contribution in [1.29, 1.82) is 0 Å². The van der Waals surface area contributed by atoms with Gasteiger partial charge in [0.15, 0.2) is 11.5 Å². The van der Waals surface area contributed by atoms with Gasteiger partial charge in [0, 0.05) is 6.54 Å². The van der Waals surface area contributed by atoms with E-state index in [0.29, 0.717) is 45.5 Å². The molecule has 3 rings (SSSR count). The zero-order chi connectivity index (χ0) is 14.8. The number of fused-ring (bicyclic) bond motifs is 1. The molecule has 2 heterocycles. The van der Waals surface area contributed by atoms with Crippen LogP contribution in [0.2, 0.25) is 9.36 Å². The van der Waals surface area contributed by atoms with Crippen LogP contribution >= 0.6 is 34.5 Å². The molecule has 0 saturated heterocycles. The first-order chi connectivity index (χ1) is 10.1. The van der Waals surface area contributed by atoms with Crippen LogP contribution < -0.4 is 14.8 Å². The van der Waals surface area contributed by atoms with Crippen molar-refractivity contribution in [3.05, 3.63) is 44.1 Å². The maximum absolute atomic E-state index is 12.0. The Kier molecular flexibility index (Phi) is 4.24. The highest BCUT2D eigenvalue weighted by molar-refractivity contribution is 7.17. The van der Waals surface area contributed by atoms with E-state index in [2.05, 4.69) is 5.32 Å². The van der Waals surface area contributed by atoms with Gasteiger partial charge >= 0.3 is 0 Å². The molecule has 0 radical (unpaired) electrons. The number of hydrogen-bond acceptors (Lipinski definition) is 4. The zero-order valence-electron chi connectivity index (χ0n) is 10.8. The number of benzene rings is 1. The van der Waals surface area contributed by atoms with Crippen LogP contribution in [0.4, 0.5) is 0 Å². The molecular weight excluding hydrogens is 333 g/mol. The Hall–Kier alpha value is -1.43. The van der Waals surface area contributed by atoms with Crippen molar-refractivity contribution in [2.75, 3.05) is 13.2 Å². The minimum Gasteiger partial charge on any atom is -0.486 e. The summed E-state index contributed by atoms with van der Waals surface area (Å²) >= 11 is 13.2. The van der Waals surface area contributed by atoms with Crippen LogP contribution in [0, 0.1) is 0 Å². The second kappa shape index (κ2) is 6.13. The highest BCUT2D eigenvalue weighted by Gasteiger charge is 2.17. The van der Waals surface area contributed by atoms with Gasteiger partial charge < -0.3 is 14.8 Å². The molecule has 1 aromatic carbocycles. The molecule has 1 amide bonds. The largest absolute Gasteiger partial charge is 0.486 e. The molecule has 0 atom stereocenters. The monoisotopic (exact) mass is 343 g/mol. The molecule has 0 bridgehead atoms. The van der Waals surface area contributed by atoms with Crippen LogP contribution in [0.3, 0.4) is 0 Å². The Balaban J connectivity index is 1.71. The topological polar surface area (TPSA) is 47.6 Å². The first kappa shape index (κ1) is 14.5. The molecule has 0 aliphatic carbocycles. The molecular formula is C14H11Cl2NO3S. The van der Waals surface area contributed by atoms with Crippen molar-refractivity contribution in [1.82, 2.24) is 5.32 Å². The fourth-order valence-corrected chi connectivity index (χ4v) is 3.22. The first-order valence-corrected chi connectivity index (χ1v) is 7.82. The number of nitrogens with one attached hydrogen (secondary N) is 1. The van der Waals surface area contributed by atoms with E-state index in [4.69, 9.17) is 32.7 Å². The fourth-order valence-electron chi connectivity index (χ4n) is 1.97. The molecule has 1 N–H and O–H groups in total. The van der Waals surface area contributed by atoms with Crippen LogP contribution in [-0.2, 0) is 6.54 Å². The molecule has 0 spiro atoms. The van der Waals surface area contributed by atoms with Gasteiger partial charge in [0.2, 0.25) is 0 Å². The SMILES string of the molecule is O=C(NCc1cc(Cl)c2c(c1)OCCO2)c1ccc(Cl)s1. The van der Waals surface area contributed by atoms with Gasteiger partial charge in [0.1, 0.15) is 13.2 Å². The van der Waals surface area contributed by atoms with Gasteiger partial charge in [-0.05, 0) is 29.8 Å². The summed E-state index contributed by atoms with van der Waals surface area (Å²) in [5, 5.41) is 3.30. The lowest BCUT2D eigenvalue weighted by Gasteiger charge is -2.20. The molecule has 1 aliphatic heterocycles. The molecule has 21 heavy (non-hydrogen) atoms. The van der Waals surface area contributed by atoms with Crippen LogP contribution in [-0.4, -0.2) is 19.1 Å². The molecule has 0 saturated carbocycles. The van der Waals surface area contributed by atoms with E-state index in [1.165, 1.54) is 11.3 Å². The van der Waals surface area contributed by atoms with Gasteiger partial charge in [-0.15, -0.1) is 11.3 Å². The van der Waals surface area contributed by atoms with Crippen LogP contribution in [0.1, 0.15) is 15.2 Å². The lowest BCUT2D eigenvalue weighted by molar-refractivity contribution is 0.0955. The zero-order valence-corrected chi connectivity index (χ0v) is 13.1. The van der Waals surface area contributed by atoms with E-state index < -0.39 is 0 Å². The summed E-state index contributed by atoms with van der Waals surface area (Å²) in [6.45, 7) is 1.33. The second-order valence-corrected chi connectivity index (χ2v) is 6.51. The van der Waals surface area contributed by atoms with Crippen molar-refractivity contribution in [3.63, 3.8) is 0 Å². The maximum Gasteiger partial charge on any atom is 0.261 e. The van der Waals surface area contributed by atoms with Gasteiger partial charge in [0.05, 0.1) is 14.2 Å². The normalized spacial score (nSPS) is 13.0. The summed E-state index contributed by atoms with van der Waals surface area (Å²) in [5.41, 5.74) is 0.847. The van der Waals surface area contributed by atoms with Gasteiger partial charge in [-0.1, -0.05) is 23.2 Å². The molecule has 4 nitrogen and oxygen atoms in total. The third kappa shape index (κ3) is 3.26. The summed E-state index contributed by atoms with van der Waals surface area (Å²) in [5.74, 6) is 0.998. The Labute approximate surface area is 135 Å². The van der Waals surface area contributed by atoms with Gasteiger partial charge in [-0.3, -0.25) is 4.79 Å². The predicted octanol–water partition coefficient (Wildman–Crippen LogP) is 3.76. The standard InChI is InChI=1S/C14H11Cl2NO3S/c15-9-5-8(6-10-13(9)20-4-3-19-10)7-17-14(18)11-1-2-12(16)21-11/h1-2,5-6H,3-4,7H2,(H,17,18). The van der Waals surface area contributed by atoms with E-state index in [-0.39, 0.29) is 5.91 Å². The van der Waals surface area contributed by atoms with E-state index in [1.807, 2.05) is 6.07 Å². The van der Waals surface area contributed by atoms with Gasteiger partial charge in [0.25, 0.3) is 5.91 Å². The summed E-state index contributed by atoms with van der Waals surface area (Å²) in [6.07, 6.45) is 0. The lowest BCUT2D eigenvalue weighted by Crippen LogP contribution is -2.22. The highest BCUT2D eigenvalue weighted by atomic mass is 35.5. The number of halogens is 2. The van der Waals surface area contributed by atoms with Crippen molar-refractivity contribution in [2.45, 2.75) is 6.54 Å². The molecule has 0 fully saturated rings. The Morgan fingerprint density at radius 3 is 2.81 bits per heavy atom. The van der Waals surface area contributed by atoms with E-state index >= 15 is 0 Å². The summed E-state index contributed by atoms with van der Waals surface area (Å²) in [6, 6.07) is 6.97. The molecule has 1 aliphatic rings. The van der Waals surface area contributed by atoms with Crippen molar-refractivity contribution in [2.24, 2.45) is 0 Å². The Morgan fingerprint density at radius 2 is 2.05 bits per heavy atom. The van der Waals surface area contributed by atoms with E-state index in [0.717, 1.165) is 5.56 Å². The summed E-state index contributed by atoms with van der Waals surface area (Å²) < 4.78 is 11.5. The van der Waals surface area contributed by atoms with Gasteiger partial charge in [-0.2, -0.15) is 0 Å². The minimum absolute atomic E-state index is 0.169. The van der Waals surface area contributed by atoms with E-state index in [1.54, 1.807) is 18.2 Å².